The van der Waals surface area contributed by atoms with Gasteiger partial charge in [-0.2, -0.15) is 5.26 Å². The Kier molecular flexibility index (Phi) is 3.00. The minimum atomic E-state index is -0.286. The number of nitrogens with one attached hydrogen (secondary N) is 1. The van der Waals surface area contributed by atoms with Crippen molar-refractivity contribution in [2.75, 3.05) is 0 Å². The number of hydrogen-bond acceptors (Lipinski definition) is 1. The number of aromatic nitrogens is 1. The number of hydrogen-bond donors (Lipinski definition) is 1. The predicted molar refractivity (Wildman–Crippen MR) is 77.7 cm³/mol. The van der Waals surface area contributed by atoms with Gasteiger partial charge in [0, 0.05) is 10.9 Å². The third kappa shape index (κ3) is 2.06. The van der Waals surface area contributed by atoms with Crippen LogP contribution in [0, 0.1) is 24.1 Å². The average Bonchev–Trinajstić information content (AvgIpc) is 2.79. The van der Waals surface area contributed by atoms with Crippen molar-refractivity contribution < 1.29 is 4.39 Å². The molecule has 1 N–H and O–H groups in total. The summed E-state index contributed by atoms with van der Waals surface area (Å²) in [5.74, 6) is -0.286. The maximum atomic E-state index is 13.4. The molecule has 0 saturated carbocycles. The maximum absolute atomic E-state index is 13.4. The monoisotopic (exact) mass is 264 g/mol. The first-order valence-corrected chi connectivity index (χ1v) is 6.43. The molecule has 0 aliphatic heterocycles. The first-order chi connectivity index (χ1) is 9.69. The van der Waals surface area contributed by atoms with Crippen molar-refractivity contribution in [3.05, 3.63) is 59.4 Å². The molecule has 3 heteroatoms. The standard InChI is InChI=1S/C17H13FN2/c1-11-2-4-12(5-3-11)17-14(8-9-19)15-10-13(18)6-7-16(15)20-17/h2-7,10,20H,8H2,1H3. The van der Waals surface area contributed by atoms with Gasteiger partial charge in [0.05, 0.1) is 18.2 Å². The quantitative estimate of drug-likeness (QED) is 0.734. The lowest BCUT2D eigenvalue weighted by molar-refractivity contribution is 0.629. The first-order valence-electron chi connectivity index (χ1n) is 6.43. The van der Waals surface area contributed by atoms with Gasteiger partial charge < -0.3 is 4.98 Å². The Bertz CT molecular complexity index is 807. The molecule has 3 rings (SSSR count). The fraction of sp³-hybridized carbons (Fsp3) is 0.118. The van der Waals surface area contributed by atoms with Gasteiger partial charge in [-0.05, 0) is 36.2 Å². The minimum Gasteiger partial charge on any atom is -0.354 e. The molecular formula is C17H13FN2. The molecule has 0 fully saturated rings. The van der Waals surface area contributed by atoms with Crippen molar-refractivity contribution >= 4 is 10.9 Å². The molecule has 0 radical (unpaired) electrons. The number of rotatable bonds is 2. The van der Waals surface area contributed by atoms with Crippen molar-refractivity contribution in [1.29, 1.82) is 5.26 Å². The van der Waals surface area contributed by atoms with Gasteiger partial charge >= 0.3 is 0 Å². The number of halogens is 1. The lowest BCUT2D eigenvalue weighted by Crippen LogP contribution is -1.86. The smallest absolute Gasteiger partial charge is 0.123 e. The van der Waals surface area contributed by atoms with E-state index in [1.807, 2.05) is 31.2 Å². The Morgan fingerprint density at radius 2 is 1.90 bits per heavy atom. The zero-order valence-corrected chi connectivity index (χ0v) is 11.1. The second-order valence-corrected chi connectivity index (χ2v) is 4.87. The van der Waals surface area contributed by atoms with Crippen LogP contribution < -0.4 is 0 Å². The fourth-order valence-corrected chi connectivity index (χ4v) is 2.45. The van der Waals surface area contributed by atoms with E-state index in [1.54, 1.807) is 6.07 Å². The Morgan fingerprint density at radius 1 is 1.15 bits per heavy atom. The van der Waals surface area contributed by atoms with E-state index in [4.69, 9.17) is 5.26 Å². The van der Waals surface area contributed by atoms with E-state index in [1.165, 1.54) is 17.7 Å². The van der Waals surface area contributed by atoms with Gasteiger partial charge in [0.1, 0.15) is 5.82 Å². The van der Waals surface area contributed by atoms with E-state index in [0.29, 0.717) is 0 Å². The Balaban J connectivity index is 2.26. The zero-order valence-electron chi connectivity index (χ0n) is 11.1. The summed E-state index contributed by atoms with van der Waals surface area (Å²) in [5, 5.41) is 9.80. The topological polar surface area (TPSA) is 39.6 Å². The van der Waals surface area contributed by atoms with Crippen molar-refractivity contribution in [2.24, 2.45) is 0 Å². The molecule has 2 aromatic carbocycles. The Morgan fingerprint density at radius 3 is 2.60 bits per heavy atom. The van der Waals surface area contributed by atoms with Crippen LogP contribution in [0.15, 0.2) is 42.5 Å². The first kappa shape index (κ1) is 12.4. The van der Waals surface area contributed by atoms with Crippen molar-refractivity contribution in [2.45, 2.75) is 13.3 Å². The van der Waals surface area contributed by atoms with Crippen LogP contribution in [-0.2, 0) is 6.42 Å². The summed E-state index contributed by atoms with van der Waals surface area (Å²) >= 11 is 0. The molecular weight excluding hydrogens is 251 g/mol. The van der Waals surface area contributed by atoms with Crippen LogP contribution in [-0.4, -0.2) is 4.98 Å². The molecule has 1 aromatic heterocycles. The summed E-state index contributed by atoms with van der Waals surface area (Å²) in [7, 11) is 0. The molecule has 0 saturated heterocycles. The minimum absolute atomic E-state index is 0.257. The molecule has 20 heavy (non-hydrogen) atoms. The average molecular weight is 264 g/mol. The second-order valence-electron chi connectivity index (χ2n) is 4.87. The maximum Gasteiger partial charge on any atom is 0.123 e. The number of H-pyrrole nitrogens is 1. The molecule has 2 nitrogen and oxygen atoms in total. The van der Waals surface area contributed by atoms with Crippen LogP contribution in [0.3, 0.4) is 0 Å². The van der Waals surface area contributed by atoms with Gasteiger partial charge in [0.15, 0.2) is 0 Å². The SMILES string of the molecule is Cc1ccc(-c2[nH]c3ccc(F)cc3c2CC#N)cc1. The lowest BCUT2D eigenvalue weighted by atomic mass is 10.0. The number of benzene rings is 2. The van der Waals surface area contributed by atoms with E-state index in [0.717, 1.165) is 27.7 Å². The molecule has 0 amide bonds. The van der Waals surface area contributed by atoms with E-state index in [9.17, 15) is 4.39 Å². The third-order valence-electron chi connectivity index (χ3n) is 3.46. The molecule has 0 bridgehead atoms. The summed E-state index contributed by atoms with van der Waals surface area (Å²) in [6.07, 6.45) is 0.257. The van der Waals surface area contributed by atoms with Gasteiger partial charge in [0.2, 0.25) is 0 Å². The number of fused-ring (bicyclic) bond motifs is 1. The summed E-state index contributed by atoms with van der Waals surface area (Å²) in [4.78, 5) is 3.29. The van der Waals surface area contributed by atoms with Gasteiger partial charge in [-0.15, -0.1) is 0 Å². The lowest BCUT2D eigenvalue weighted by Gasteiger charge is -2.02. The second kappa shape index (κ2) is 4.82. The number of nitrogens with zero attached hydrogens (tertiary/aromatic N) is 1. The highest BCUT2D eigenvalue weighted by atomic mass is 19.1. The number of aromatic amines is 1. The van der Waals surface area contributed by atoms with Gasteiger partial charge in [-0.1, -0.05) is 29.8 Å². The summed E-state index contributed by atoms with van der Waals surface area (Å²) in [5.41, 5.74) is 4.79. The van der Waals surface area contributed by atoms with Crippen LogP contribution >= 0.6 is 0 Å². The summed E-state index contributed by atoms with van der Waals surface area (Å²) in [6, 6.07) is 14.9. The van der Waals surface area contributed by atoms with Crippen LogP contribution in [0.2, 0.25) is 0 Å². The molecule has 0 aliphatic rings. The van der Waals surface area contributed by atoms with Crippen LogP contribution in [0.1, 0.15) is 11.1 Å². The zero-order chi connectivity index (χ0) is 14.1. The summed E-state index contributed by atoms with van der Waals surface area (Å²) < 4.78 is 13.4. The summed E-state index contributed by atoms with van der Waals surface area (Å²) in [6.45, 7) is 2.03. The highest BCUT2D eigenvalue weighted by Crippen LogP contribution is 2.31. The van der Waals surface area contributed by atoms with E-state index in [2.05, 4.69) is 11.1 Å². The van der Waals surface area contributed by atoms with Crippen LogP contribution in [0.25, 0.3) is 22.2 Å². The Hall–Kier alpha value is -2.60. The van der Waals surface area contributed by atoms with E-state index >= 15 is 0 Å². The third-order valence-corrected chi connectivity index (χ3v) is 3.46. The van der Waals surface area contributed by atoms with Crippen molar-refractivity contribution in [3.8, 4) is 17.3 Å². The molecule has 3 aromatic rings. The highest BCUT2D eigenvalue weighted by molar-refractivity contribution is 5.91. The largest absolute Gasteiger partial charge is 0.354 e. The molecule has 0 aliphatic carbocycles. The number of nitriles is 1. The van der Waals surface area contributed by atoms with Crippen molar-refractivity contribution in [1.82, 2.24) is 4.98 Å². The molecule has 1 heterocycles. The van der Waals surface area contributed by atoms with Gasteiger partial charge in [0.25, 0.3) is 0 Å². The fourth-order valence-electron chi connectivity index (χ4n) is 2.45. The van der Waals surface area contributed by atoms with Gasteiger partial charge in [-0.3, -0.25) is 0 Å². The molecule has 0 unspecified atom stereocenters. The Labute approximate surface area is 116 Å². The van der Waals surface area contributed by atoms with Crippen LogP contribution in [0.5, 0.6) is 0 Å². The molecule has 98 valence electrons. The van der Waals surface area contributed by atoms with Crippen LogP contribution in [0.4, 0.5) is 4.39 Å². The van der Waals surface area contributed by atoms with E-state index < -0.39 is 0 Å². The normalized spacial score (nSPS) is 10.7. The predicted octanol–water partition coefficient (Wildman–Crippen LogP) is 4.35. The number of aryl methyl sites for hydroxylation is 1. The van der Waals surface area contributed by atoms with Crippen molar-refractivity contribution in [3.63, 3.8) is 0 Å². The molecule has 0 spiro atoms. The van der Waals surface area contributed by atoms with E-state index in [-0.39, 0.29) is 12.2 Å². The van der Waals surface area contributed by atoms with Gasteiger partial charge in [-0.25, -0.2) is 4.39 Å². The molecule has 0 atom stereocenters. The highest BCUT2D eigenvalue weighted by Gasteiger charge is 2.13.